The Morgan fingerprint density at radius 3 is 3.08 bits per heavy atom. The smallest absolute Gasteiger partial charge is 0.240 e. The molecule has 0 radical (unpaired) electrons. The van der Waals surface area contributed by atoms with Crippen molar-refractivity contribution in [1.82, 2.24) is 14.6 Å². The average Bonchev–Trinajstić information content (AvgIpc) is 2.29. The lowest BCUT2D eigenvalue weighted by Gasteiger charge is -1.96. The third-order valence-electron chi connectivity index (χ3n) is 1.60. The van der Waals surface area contributed by atoms with Crippen molar-refractivity contribution >= 4 is 34.2 Å². The molecule has 0 aliphatic carbocycles. The Morgan fingerprint density at radius 1 is 1.58 bits per heavy atom. The van der Waals surface area contributed by atoms with Crippen molar-refractivity contribution < 1.29 is 0 Å². The van der Waals surface area contributed by atoms with E-state index in [1.807, 2.05) is 19.2 Å². The molecular weight excluding hydrogens is 267 g/mol. The zero-order chi connectivity index (χ0) is 8.72. The molecule has 0 saturated heterocycles. The van der Waals surface area contributed by atoms with Gasteiger partial charge in [-0.15, -0.1) is 5.10 Å². The van der Waals surface area contributed by atoms with Gasteiger partial charge in [-0.25, -0.2) is 4.52 Å². The van der Waals surface area contributed by atoms with Crippen LogP contribution in [0.4, 0.5) is 5.95 Å². The van der Waals surface area contributed by atoms with Crippen LogP contribution in [0.25, 0.3) is 5.65 Å². The number of nitrogens with zero attached hydrogens (tertiary/aromatic N) is 3. The molecule has 2 rings (SSSR count). The summed E-state index contributed by atoms with van der Waals surface area (Å²) in [5.74, 6) is 0.320. The molecule has 4 nitrogen and oxygen atoms in total. The summed E-state index contributed by atoms with van der Waals surface area (Å²) < 4.78 is 2.83. The quantitative estimate of drug-likeness (QED) is 0.735. The number of aryl methyl sites for hydroxylation is 1. The number of pyridine rings is 1. The summed E-state index contributed by atoms with van der Waals surface area (Å²) in [7, 11) is 0. The molecule has 0 unspecified atom stereocenters. The van der Waals surface area contributed by atoms with Crippen molar-refractivity contribution in [3.63, 3.8) is 0 Å². The minimum atomic E-state index is 0.320. The first-order chi connectivity index (χ1) is 5.66. The highest BCUT2D eigenvalue weighted by Gasteiger charge is 2.03. The number of anilines is 1. The van der Waals surface area contributed by atoms with Gasteiger partial charge in [-0.2, -0.15) is 4.98 Å². The Balaban J connectivity index is 2.88. The second kappa shape index (κ2) is 2.58. The minimum Gasteiger partial charge on any atom is -0.366 e. The molecule has 0 spiro atoms. The zero-order valence-corrected chi connectivity index (χ0v) is 8.61. The molecule has 0 saturated carbocycles. The molecule has 0 aliphatic heterocycles. The molecule has 2 N–H and O–H groups in total. The fourth-order valence-corrected chi connectivity index (χ4v) is 1.86. The van der Waals surface area contributed by atoms with Crippen LogP contribution in [0.2, 0.25) is 0 Å². The van der Waals surface area contributed by atoms with Crippen molar-refractivity contribution in [2.45, 2.75) is 6.92 Å². The molecule has 2 aromatic heterocycles. The molecule has 0 amide bonds. The van der Waals surface area contributed by atoms with Gasteiger partial charge >= 0.3 is 0 Å². The largest absolute Gasteiger partial charge is 0.366 e. The van der Waals surface area contributed by atoms with Crippen LogP contribution in [-0.2, 0) is 0 Å². The van der Waals surface area contributed by atoms with Gasteiger partial charge in [0, 0.05) is 9.77 Å². The number of aromatic nitrogens is 3. The number of fused-ring (bicyclic) bond motifs is 1. The first kappa shape index (κ1) is 7.78. The van der Waals surface area contributed by atoms with Crippen LogP contribution in [0.1, 0.15) is 5.56 Å². The summed E-state index contributed by atoms with van der Waals surface area (Å²) >= 11 is 2.23. The highest BCUT2D eigenvalue weighted by Crippen LogP contribution is 2.12. The second-order valence-electron chi connectivity index (χ2n) is 2.58. The van der Waals surface area contributed by atoms with Crippen molar-refractivity contribution in [2.24, 2.45) is 0 Å². The predicted molar refractivity (Wildman–Crippen MR) is 54.9 cm³/mol. The maximum atomic E-state index is 5.46. The number of rotatable bonds is 0. The van der Waals surface area contributed by atoms with E-state index in [9.17, 15) is 0 Å². The lowest BCUT2D eigenvalue weighted by molar-refractivity contribution is 0.956. The maximum absolute atomic E-state index is 5.46. The number of nitrogen functional groups attached to an aromatic ring is 1. The molecular formula is C7H7IN4. The summed E-state index contributed by atoms with van der Waals surface area (Å²) in [5, 5.41) is 4.01. The third kappa shape index (κ3) is 1.13. The first-order valence-electron chi connectivity index (χ1n) is 3.45. The van der Waals surface area contributed by atoms with Crippen molar-refractivity contribution in [1.29, 1.82) is 0 Å². The van der Waals surface area contributed by atoms with Crippen LogP contribution in [0.15, 0.2) is 12.3 Å². The highest BCUT2D eigenvalue weighted by molar-refractivity contribution is 14.1. The first-order valence-corrected chi connectivity index (χ1v) is 4.53. The van der Waals surface area contributed by atoms with E-state index < -0.39 is 0 Å². The van der Waals surface area contributed by atoms with Gasteiger partial charge in [0.05, 0.1) is 0 Å². The summed E-state index contributed by atoms with van der Waals surface area (Å²) in [6, 6.07) is 2.05. The zero-order valence-electron chi connectivity index (χ0n) is 6.45. The van der Waals surface area contributed by atoms with E-state index in [4.69, 9.17) is 5.73 Å². The SMILES string of the molecule is Cc1cc(I)cn2nc(N)nc12. The van der Waals surface area contributed by atoms with Gasteiger partial charge in [-0.1, -0.05) is 0 Å². The number of halogens is 1. The van der Waals surface area contributed by atoms with Crippen molar-refractivity contribution in [3.8, 4) is 0 Å². The van der Waals surface area contributed by atoms with Crippen LogP contribution < -0.4 is 5.73 Å². The Labute approximate surface area is 82.9 Å². The van der Waals surface area contributed by atoms with E-state index in [1.165, 1.54) is 0 Å². The lowest BCUT2D eigenvalue weighted by atomic mass is 10.3. The van der Waals surface area contributed by atoms with Crippen molar-refractivity contribution in [2.75, 3.05) is 5.73 Å². The molecule has 5 heteroatoms. The number of hydrogen-bond donors (Lipinski definition) is 1. The van der Waals surface area contributed by atoms with Gasteiger partial charge < -0.3 is 5.73 Å². The molecule has 0 atom stereocenters. The lowest BCUT2D eigenvalue weighted by Crippen LogP contribution is -1.91. The van der Waals surface area contributed by atoms with Crippen LogP contribution in [0.5, 0.6) is 0 Å². The monoisotopic (exact) mass is 274 g/mol. The van der Waals surface area contributed by atoms with E-state index in [0.29, 0.717) is 5.95 Å². The molecule has 0 aliphatic rings. The molecule has 62 valence electrons. The Kier molecular flexibility index (Phi) is 1.67. The van der Waals surface area contributed by atoms with Gasteiger partial charge in [0.2, 0.25) is 5.95 Å². The Hall–Kier alpha value is -0.850. The molecule has 12 heavy (non-hydrogen) atoms. The summed E-state index contributed by atoms with van der Waals surface area (Å²) in [5.41, 5.74) is 7.38. The van der Waals surface area contributed by atoms with Gasteiger partial charge in [0.1, 0.15) is 0 Å². The van der Waals surface area contributed by atoms with E-state index >= 15 is 0 Å². The van der Waals surface area contributed by atoms with E-state index in [2.05, 4.69) is 32.7 Å². The maximum Gasteiger partial charge on any atom is 0.240 e. The summed E-state index contributed by atoms with van der Waals surface area (Å²) in [4.78, 5) is 4.08. The Bertz CT molecular complexity index is 434. The highest BCUT2D eigenvalue weighted by atomic mass is 127. The molecule has 0 fully saturated rings. The van der Waals surface area contributed by atoms with Gasteiger partial charge in [-0.05, 0) is 41.1 Å². The van der Waals surface area contributed by atoms with Gasteiger partial charge in [-0.3, -0.25) is 0 Å². The normalized spacial score (nSPS) is 10.8. The standard InChI is InChI=1S/C7H7IN4/c1-4-2-5(8)3-12-6(4)10-7(9)11-12/h2-3H,1H3,(H2,9,11). The fourth-order valence-electron chi connectivity index (χ4n) is 1.12. The predicted octanol–water partition coefficient (Wildman–Crippen LogP) is 1.22. The summed E-state index contributed by atoms with van der Waals surface area (Å²) in [6.45, 7) is 1.99. The van der Waals surface area contributed by atoms with Gasteiger partial charge in [0.15, 0.2) is 5.65 Å². The number of hydrogen-bond acceptors (Lipinski definition) is 3. The van der Waals surface area contributed by atoms with E-state index in [0.717, 1.165) is 14.8 Å². The van der Waals surface area contributed by atoms with Crippen LogP contribution in [-0.4, -0.2) is 14.6 Å². The molecule has 0 bridgehead atoms. The Morgan fingerprint density at radius 2 is 2.33 bits per heavy atom. The third-order valence-corrected chi connectivity index (χ3v) is 2.19. The van der Waals surface area contributed by atoms with Crippen LogP contribution in [0, 0.1) is 10.5 Å². The van der Waals surface area contributed by atoms with Gasteiger partial charge in [0.25, 0.3) is 0 Å². The summed E-state index contributed by atoms with van der Waals surface area (Å²) in [6.07, 6.45) is 1.90. The van der Waals surface area contributed by atoms with Crippen LogP contribution in [0.3, 0.4) is 0 Å². The molecule has 0 aromatic carbocycles. The van der Waals surface area contributed by atoms with Crippen molar-refractivity contribution in [3.05, 3.63) is 21.4 Å². The molecule has 2 heterocycles. The topological polar surface area (TPSA) is 56.2 Å². The van der Waals surface area contributed by atoms with E-state index in [-0.39, 0.29) is 0 Å². The van der Waals surface area contributed by atoms with Crippen LogP contribution >= 0.6 is 22.6 Å². The average molecular weight is 274 g/mol. The fraction of sp³-hybridized carbons (Fsp3) is 0.143. The van der Waals surface area contributed by atoms with E-state index in [1.54, 1.807) is 4.52 Å². The minimum absolute atomic E-state index is 0.320. The molecule has 2 aromatic rings. The second-order valence-corrected chi connectivity index (χ2v) is 3.83. The number of nitrogens with two attached hydrogens (primary N) is 1.